The lowest BCUT2D eigenvalue weighted by Gasteiger charge is -2.08. The summed E-state index contributed by atoms with van der Waals surface area (Å²) in [5, 5.41) is 0. The first-order valence-electron chi connectivity index (χ1n) is 6.30. The topological polar surface area (TPSA) is 55.4 Å². The van der Waals surface area contributed by atoms with Gasteiger partial charge in [0.05, 0.1) is 12.4 Å². The Morgan fingerprint density at radius 1 is 1.11 bits per heavy atom. The molecule has 0 aliphatic carbocycles. The van der Waals surface area contributed by atoms with E-state index in [1.54, 1.807) is 24.3 Å². The molecule has 0 aliphatic rings. The summed E-state index contributed by atoms with van der Waals surface area (Å²) in [5.41, 5.74) is 0.575. The number of rotatable bonds is 8. The molecule has 4 nitrogen and oxygen atoms in total. The Labute approximate surface area is 109 Å². The molecule has 1 rings (SSSR count). The maximum Gasteiger partial charge on any atom is 0.232 e. The van der Waals surface area contributed by atoms with Crippen LogP contribution in [-0.2, 0) is 10.0 Å². The zero-order valence-corrected chi connectivity index (χ0v) is 11.8. The van der Waals surface area contributed by atoms with Crippen LogP contribution in [0.25, 0.3) is 0 Å². The van der Waals surface area contributed by atoms with Crippen LogP contribution in [-0.4, -0.2) is 20.8 Å². The number of sulfonamides is 1. The minimum atomic E-state index is -3.21. The van der Waals surface area contributed by atoms with E-state index in [4.69, 9.17) is 4.74 Å². The van der Waals surface area contributed by atoms with Gasteiger partial charge < -0.3 is 4.74 Å². The molecule has 0 atom stereocenters. The number of unbranched alkanes of at least 4 members (excludes halogenated alkanes) is 1. The van der Waals surface area contributed by atoms with Crippen LogP contribution in [0.2, 0.25) is 0 Å². The van der Waals surface area contributed by atoms with Crippen LogP contribution in [0.4, 0.5) is 5.69 Å². The molecular weight excluding hydrogens is 250 g/mol. The third kappa shape index (κ3) is 5.40. The van der Waals surface area contributed by atoms with Crippen molar-refractivity contribution in [1.82, 2.24) is 0 Å². The van der Waals surface area contributed by atoms with Gasteiger partial charge in [-0.1, -0.05) is 20.3 Å². The van der Waals surface area contributed by atoms with Crippen LogP contribution in [0.1, 0.15) is 33.1 Å². The predicted octanol–water partition coefficient (Wildman–Crippen LogP) is 3.02. The standard InChI is InChI=1S/C13H21NO3S/c1-3-5-10-17-13-8-6-12(7-9-13)14-18(15,16)11-4-2/h6-9,14H,3-5,10-11H2,1-2H3. The molecule has 0 amide bonds. The fraction of sp³-hybridized carbons (Fsp3) is 0.538. The van der Waals surface area contributed by atoms with Crippen LogP contribution < -0.4 is 9.46 Å². The second-order valence-electron chi connectivity index (χ2n) is 4.15. The molecule has 5 heteroatoms. The fourth-order valence-corrected chi connectivity index (χ4v) is 2.59. The summed E-state index contributed by atoms with van der Waals surface area (Å²) < 4.78 is 31.1. The highest BCUT2D eigenvalue weighted by Gasteiger charge is 2.08. The summed E-state index contributed by atoms with van der Waals surface area (Å²) in [6.07, 6.45) is 2.72. The van der Waals surface area contributed by atoms with Crippen molar-refractivity contribution in [3.8, 4) is 5.75 Å². The van der Waals surface area contributed by atoms with Crippen molar-refractivity contribution < 1.29 is 13.2 Å². The summed E-state index contributed by atoms with van der Waals surface area (Å²) in [6, 6.07) is 6.99. The molecule has 0 fully saturated rings. The Morgan fingerprint density at radius 2 is 1.78 bits per heavy atom. The van der Waals surface area contributed by atoms with Crippen molar-refractivity contribution in [1.29, 1.82) is 0 Å². The first kappa shape index (κ1) is 14.8. The Bertz CT molecular complexity index is 440. The Hall–Kier alpha value is -1.23. The van der Waals surface area contributed by atoms with Gasteiger partial charge in [0.15, 0.2) is 0 Å². The van der Waals surface area contributed by atoms with Gasteiger partial charge in [0.2, 0.25) is 10.0 Å². The maximum atomic E-state index is 11.6. The van der Waals surface area contributed by atoms with Crippen LogP contribution in [0, 0.1) is 0 Å². The van der Waals surface area contributed by atoms with Gasteiger partial charge in [-0.2, -0.15) is 0 Å². The van der Waals surface area contributed by atoms with Gasteiger partial charge >= 0.3 is 0 Å². The second-order valence-corrected chi connectivity index (χ2v) is 5.99. The van der Waals surface area contributed by atoms with E-state index in [1.807, 2.05) is 6.92 Å². The van der Waals surface area contributed by atoms with Crippen molar-refractivity contribution >= 4 is 15.7 Å². The van der Waals surface area contributed by atoms with Crippen molar-refractivity contribution in [3.63, 3.8) is 0 Å². The molecule has 0 aromatic heterocycles. The molecule has 1 N–H and O–H groups in total. The molecule has 0 heterocycles. The maximum absolute atomic E-state index is 11.6. The minimum absolute atomic E-state index is 0.141. The number of hydrogen-bond acceptors (Lipinski definition) is 3. The number of ether oxygens (including phenoxy) is 1. The van der Waals surface area contributed by atoms with E-state index < -0.39 is 10.0 Å². The average molecular weight is 271 g/mol. The minimum Gasteiger partial charge on any atom is -0.494 e. The zero-order chi connectivity index (χ0) is 13.4. The van der Waals surface area contributed by atoms with Crippen molar-refractivity contribution in [3.05, 3.63) is 24.3 Å². The van der Waals surface area contributed by atoms with E-state index in [-0.39, 0.29) is 5.75 Å². The molecule has 0 aliphatic heterocycles. The Balaban J connectivity index is 2.55. The number of benzene rings is 1. The summed E-state index contributed by atoms with van der Waals surface area (Å²) >= 11 is 0. The highest BCUT2D eigenvalue weighted by atomic mass is 32.2. The summed E-state index contributed by atoms with van der Waals surface area (Å²) in [5.74, 6) is 0.906. The van der Waals surface area contributed by atoms with Crippen LogP contribution in [0.15, 0.2) is 24.3 Å². The fourth-order valence-electron chi connectivity index (χ4n) is 1.45. The molecule has 1 aromatic carbocycles. The normalized spacial score (nSPS) is 11.2. The SMILES string of the molecule is CCCCOc1ccc(NS(=O)(=O)CCC)cc1. The van der Waals surface area contributed by atoms with E-state index >= 15 is 0 Å². The van der Waals surface area contributed by atoms with Crippen molar-refractivity contribution in [2.45, 2.75) is 33.1 Å². The highest BCUT2D eigenvalue weighted by molar-refractivity contribution is 7.92. The van der Waals surface area contributed by atoms with E-state index in [9.17, 15) is 8.42 Å². The Morgan fingerprint density at radius 3 is 2.33 bits per heavy atom. The van der Waals surface area contributed by atoms with E-state index in [1.165, 1.54) is 0 Å². The monoisotopic (exact) mass is 271 g/mol. The van der Waals surface area contributed by atoms with Gasteiger partial charge in [0.1, 0.15) is 5.75 Å². The molecule has 0 saturated heterocycles. The lowest BCUT2D eigenvalue weighted by molar-refractivity contribution is 0.309. The van der Waals surface area contributed by atoms with Crippen molar-refractivity contribution in [2.75, 3.05) is 17.1 Å². The molecule has 1 aromatic rings. The van der Waals surface area contributed by atoms with Gasteiger partial charge in [-0.05, 0) is 37.1 Å². The molecule has 0 bridgehead atoms. The second kappa shape index (κ2) is 7.26. The van der Waals surface area contributed by atoms with Crippen LogP contribution >= 0.6 is 0 Å². The summed E-state index contributed by atoms with van der Waals surface area (Å²) in [4.78, 5) is 0. The van der Waals surface area contributed by atoms with Crippen molar-refractivity contribution in [2.24, 2.45) is 0 Å². The van der Waals surface area contributed by atoms with E-state index in [0.717, 1.165) is 18.6 Å². The molecule has 0 unspecified atom stereocenters. The third-order valence-electron chi connectivity index (χ3n) is 2.37. The lowest BCUT2D eigenvalue weighted by atomic mass is 10.3. The quantitative estimate of drug-likeness (QED) is 0.739. The molecule has 102 valence electrons. The van der Waals surface area contributed by atoms with Gasteiger partial charge in [-0.15, -0.1) is 0 Å². The van der Waals surface area contributed by atoms with E-state index in [0.29, 0.717) is 18.7 Å². The first-order valence-corrected chi connectivity index (χ1v) is 7.96. The third-order valence-corrected chi connectivity index (χ3v) is 3.86. The molecule has 0 radical (unpaired) electrons. The average Bonchev–Trinajstić information content (AvgIpc) is 2.31. The lowest BCUT2D eigenvalue weighted by Crippen LogP contribution is -2.15. The summed E-state index contributed by atoms with van der Waals surface area (Å²) in [6.45, 7) is 4.64. The highest BCUT2D eigenvalue weighted by Crippen LogP contribution is 2.17. The van der Waals surface area contributed by atoms with E-state index in [2.05, 4.69) is 11.6 Å². The first-order chi connectivity index (χ1) is 8.57. The van der Waals surface area contributed by atoms with Crippen LogP contribution in [0.3, 0.4) is 0 Å². The Kier molecular flexibility index (Phi) is 5.98. The number of anilines is 1. The molecule has 18 heavy (non-hydrogen) atoms. The largest absolute Gasteiger partial charge is 0.494 e. The van der Waals surface area contributed by atoms with Gasteiger partial charge in [0.25, 0.3) is 0 Å². The molecule has 0 saturated carbocycles. The summed E-state index contributed by atoms with van der Waals surface area (Å²) in [7, 11) is -3.21. The van der Waals surface area contributed by atoms with Gasteiger partial charge in [-0.25, -0.2) is 8.42 Å². The smallest absolute Gasteiger partial charge is 0.232 e. The van der Waals surface area contributed by atoms with Gasteiger partial charge in [-0.3, -0.25) is 4.72 Å². The van der Waals surface area contributed by atoms with Gasteiger partial charge in [0, 0.05) is 5.69 Å². The zero-order valence-electron chi connectivity index (χ0n) is 11.0. The number of hydrogen-bond donors (Lipinski definition) is 1. The number of nitrogens with one attached hydrogen (secondary N) is 1. The molecule has 0 spiro atoms. The predicted molar refractivity (Wildman–Crippen MR) is 74.5 cm³/mol. The molecular formula is C13H21NO3S. The van der Waals surface area contributed by atoms with Crippen LogP contribution in [0.5, 0.6) is 5.75 Å².